The summed E-state index contributed by atoms with van der Waals surface area (Å²) in [5.41, 5.74) is 3.17. The molecule has 26 heavy (non-hydrogen) atoms. The Kier molecular flexibility index (Phi) is 5.77. The van der Waals surface area contributed by atoms with E-state index in [4.69, 9.17) is 0 Å². The number of methoxy groups -OCH3 is 1. The van der Waals surface area contributed by atoms with Crippen molar-refractivity contribution in [3.63, 3.8) is 0 Å². The van der Waals surface area contributed by atoms with Crippen LogP contribution in [0.1, 0.15) is 51.8 Å². The van der Waals surface area contributed by atoms with Crippen molar-refractivity contribution >= 4 is 17.8 Å². The average Bonchev–Trinajstić information content (AvgIpc) is 2.64. The van der Waals surface area contributed by atoms with Gasteiger partial charge in [-0.15, -0.1) is 0 Å². The van der Waals surface area contributed by atoms with Gasteiger partial charge in [0.05, 0.1) is 18.2 Å². The van der Waals surface area contributed by atoms with Crippen LogP contribution in [0.4, 0.5) is 0 Å². The van der Waals surface area contributed by atoms with Crippen LogP contribution in [0.15, 0.2) is 54.6 Å². The maximum absolute atomic E-state index is 12.9. The molecule has 0 unspecified atom stereocenters. The van der Waals surface area contributed by atoms with Crippen LogP contribution >= 0.6 is 0 Å². The fourth-order valence-corrected chi connectivity index (χ4v) is 2.27. The topological polar surface area (TPSA) is 75.7 Å². The van der Waals surface area contributed by atoms with Gasteiger partial charge in [-0.2, -0.15) is 0 Å². The first-order valence-corrected chi connectivity index (χ1v) is 8.13. The summed E-state index contributed by atoms with van der Waals surface area (Å²) >= 11 is 0. The van der Waals surface area contributed by atoms with E-state index in [-0.39, 0.29) is 11.8 Å². The van der Waals surface area contributed by atoms with E-state index in [2.05, 4.69) is 10.2 Å². The summed E-state index contributed by atoms with van der Waals surface area (Å²) in [6.45, 7) is 5.46. The molecule has 0 bridgehead atoms. The summed E-state index contributed by atoms with van der Waals surface area (Å²) in [6, 6.07) is 14.7. The van der Waals surface area contributed by atoms with Gasteiger partial charge >= 0.3 is 5.97 Å². The number of rotatable bonds is 3. The van der Waals surface area contributed by atoms with Crippen LogP contribution in [0.2, 0.25) is 0 Å². The van der Waals surface area contributed by atoms with Crippen LogP contribution < -0.4 is 5.43 Å². The minimum atomic E-state index is -0.650. The Morgan fingerprint density at radius 3 is 1.88 bits per heavy atom. The standard InChI is InChI=1S/C20H22N2O4/c1-20(2,3)22(21-17(23)14-8-6-5-7-9-14)18(24)15-10-12-16(13-11-15)19(25)26-4/h5-13H,1-4H3,(H,21,23). The number of carbonyl (C=O) groups is 3. The van der Waals surface area contributed by atoms with Crippen LogP contribution in [0.25, 0.3) is 0 Å². The van der Waals surface area contributed by atoms with Gasteiger partial charge in [0.1, 0.15) is 0 Å². The number of esters is 1. The average molecular weight is 354 g/mol. The number of amides is 2. The lowest BCUT2D eigenvalue weighted by molar-refractivity contribution is 0.0358. The lowest BCUT2D eigenvalue weighted by atomic mass is 10.1. The SMILES string of the molecule is COC(=O)c1ccc(C(=O)N(NC(=O)c2ccccc2)C(C)(C)C)cc1. The largest absolute Gasteiger partial charge is 0.465 e. The molecule has 0 atom stereocenters. The lowest BCUT2D eigenvalue weighted by Crippen LogP contribution is -2.55. The third-order valence-corrected chi connectivity index (χ3v) is 3.68. The molecule has 2 rings (SSSR count). The van der Waals surface area contributed by atoms with E-state index in [0.29, 0.717) is 16.7 Å². The van der Waals surface area contributed by atoms with E-state index in [9.17, 15) is 14.4 Å². The predicted octanol–water partition coefficient (Wildman–Crippen LogP) is 3.06. The highest BCUT2D eigenvalue weighted by Gasteiger charge is 2.29. The number of nitrogens with zero attached hydrogens (tertiary/aromatic N) is 1. The van der Waals surface area contributed by atoms with E-state index in [1.165, 1.54) is 36.4 Å². The van der Waals surface area contributed by atoms with Crippen LogP contribution in [0.5, 0.6) is 0 Å². The molecule has 2 amide bonds. The second-order valence-corrected chi connectivity index (χ2v) is 6.69. The van der Waals surface area contributed by atoms with E-state index in [1.54, 1.807) is 24.3 Å². The monoisotopic (exact) mass is 354 g/mol. The molecule has 6 nitrogen and oxygen atoms in total. The maximum atomic E-state index is 12.9. The molecule has 0 heterocycles. The first-order chi connectivity index (χ1) is 12.2. The summed E-state index contributed by atoms with van der Waals surface area (Å²) in [6.07, 6.45) is 0. The Bertz CT molecular complexity index is 793. The summed E-state index contributed by atoms with van der Waals surface area (Å²) in [4.78, 5) is 36.9. The molecule has 0 aliphatic heterocycles. The first kappa shape index (κ1) is 19.2. The van der Waals surface area contributed by atoms with Crippen LogP contribution in [0, 0.1) is 0 Å². The number of benzene rings is 2. The van der Waals surface area contributed by atoms with Crippen molar-refractivity contribution in [3.05, 3.63) is 71.3 Å². The van der Waals surface area contributed by atoms with Gasteiger partial charge in [-0.05, 0) is 57.2 Å². The Hall–Kier alpha value is -3.15. The molecule has 0 radical (unpaired) electrons. The van der Waals surface area contributed by atoms with Gasteiger partial charge in [0.2, 0.25) is 0 Å². The summed E-state index contributed by atoms with van der Waals surface area (Å²) in [5, 5.41) is 1.29. The van der Waals surface area contributed by atoms with Crippen LogP contribution in [-0.4, -0.2) is 35.4 Å². The minimum absolute atomic E-state index is 0.347. The molecule has 0 aliphatic carbocycles. The highest BCUT2D eigenvalue weighted by atomic mass is 16.5. The van der Waals surface area contributed by atoms with Gasteiger partial charge in [-0.1, -0.05) is 18.2 Å². The van der Waals surface area contributed by atoms with Crippen molar-refractivity contribution in [2.75, 3.05) is 7.11 Å². The molecular formula is C20H22N2O4. The van der Waals surface area contributed by atoms with Crippen molar-refractivity contribution in [1.82, 2.24) is 10.4 Å². The normalized spacial score (nSPS) is 10.8. The van der Waals surface area contributed by atoms with Crippen molar-refractivity contribution in [3.8, 4) is 0 Å². The van der Waals surface area contributed by atoms with E-state index >= 15 is 0 Å². The molecule has 2 aromatic rings. The highest BCUT2D eigenvalue weighted by molar-refractivity contribution is 6.00. The molecule has 0 aromatic heterocycles. The van der Waals surface area contributed by atoms with E-state index in [0.717, 1.165) is 0 Å². The molecule has 0 fully saturated rings. The van der Waals surface area contributed by atoms with Gasteiger partial charge in [0.15, 0.2) is 0 Å². The lowest BCUT2D eigenvalue weighted by Gasteiger charge is -2.35. The number of hydrogen-bond acceptors (Lipinski definition) is 4. The number of ether oxygens (including phenoxy) is 1. The van der Waals surface area contributed by atoms with Crippen molar-refractivity contribution < 1.29 is 19.1 Å². The van der Waals surface area contributed by atoms with Crippen molar-refractivity contribution in [2.45, 2.75) is 26.3 Å². The van der Waals surface area contributed by atoms with Gasteiger partial charge in [-0.3, -0.25) is 15.0 Å². The van der Waals surface area contributed by atoms with Gasteiger partial charge in [0, 0.05) is 11.1 Å². The zero-order valence-electron chi connectivity index (χ0n) is 15.3. The first-order valence-electron chi connectivity index (χ1n) is 8.13. The molecule has 0 spiro atoms. The van der Waals surface area contributed by atoms with Crippen LogP contribution in [-0.2, 0) is 4.74 Å². The van der Waals surface area contributed by atoms with Gasteiger partial charge in [0.25, 0.3) is 11.8 Å². The van der Waals surface area contributed by atoms with E-state index in [1.807, 2.05) is 26.8 Å². The highest BCUT2D eigenvalue weighted by Crippen LogP contribution is 2.16. The third kappa shape index (κ3) is 4.47. The number of carbonyl (C=O) groups excluding carboxylic acids is 3. The quantitative estimate of drug-likeness (QED) is 0.679. The summed E-state index contributed by atoms with van der Waals surface area (Å²) < 4.78 is 4.65. The van der Waals surface area contributed by atoms with Crippen molar-refractivity contribution in [1.29, 1.82) is 0 Å². The number of nitrogens with one attached hydrogen (secondary N) is 1. The van der Waals surface area contributed by atoms with Crippen LogP contribution in [0.3, 0.4) is 0 Å². The zero-order valence-corrected chi connectivity index (χ0v) is 15.3. The van der Waals surface area contributed by atoms with Gasteiger partial charge < -0.3 is 4.74 Å². The fraction of sp³-hybridized carbons (Fsp3) is 0.250. The van der Waals surface area contributed by atoms with Gasteiger partial charge in [-0.25, -0.2) is 9.80 Å². The second-order valence-electron chi connectivity index (χ2n) is 6.69. The molecular weight excluding hydrogens is 332 g/mol. The molecule has 0 saturated heterocycles. The second kappa shape index (κ2) is 7.82. The third-order valence-electron chi connectivity index (χ3n) is 3.68. The molecule has 0 aliphatic rings. The molecule has 2 aromatic carbocycles. The fourth-order valence-electron chi connectivity index (χ4n) is 2.27. The maximum Gasteiger partial charge on any atom is 0.337 e. The molecule has 6 heteroatoms. The Morgan fingerprint density at radius 2 is 1.38 bits per heavy atom. The zero-order chi connectivity index (χ0) is 19.3. The number of hydrazine groups is 1. The summed E-state index contributed by atoms with van der Waals surface area (Å²) in [5.74, 6) is -1.23. The molecule has 0 saturated carbocycles. The predicted molar refractivity (Wildman–Crippen MR) is 97.6 cm³/mol. The summed E-state index contributed by atoms with van der Waals surface area (Å²) in [7, 11) is 1.29. The molecule has 136 valence electrons. The number of hydrogen-bond donors (Lipinski definition) is 1. The van der Waals surface area contributed by atoms with E-state index < -0.39 is 11.5 Å². The Balaban J connectivity index is 2.25. The minimum Gasteiger partial charge on any atom is -0.465 e. The molecule has 1 N–H and O–H groups in total. The Labute approximate surface area is 152 Å². The smallest absolute Gasteiger partial charge is 0.337 e. The Morgan fingerprint density at radius 1 is 0.846 bits per heavy atom. The van der Waals surface area contributed by atoms with Crippen molar-refractivity contribution in [2.24, 2.45) is 0 Å².